The van der Waals surface area contributed by atoms with E-state index in [0.717, 1.165) is 12.1 Å². The molecule has 1 spiro atoms. The summed E-state index contributed by atoms with van der Waals surface area (Å²) in [5.74, 6) is -1.43. The summed E-state index contributed by atoms with van der Waals surface area (Å²) < 4.78 is 25.4. The number of halogens is 1. The van der Waals surface area contributed by atoms with Crippen LogP contribution >= 0.6 is 0 Å². The highest BCUT2D eigenvalue weighted by molar-refractivity contribution is 6.17. The summed E-state index contributed by atoms with van der Waals surface area (Å²) in [5.41, 5.74) is -1.26. The minimum absolute atomic E-state index is 0.0268. The number of carbonyl (C=O) groups is 2. The molecular weight excluding hydrogens is 427 g/mol. The summed E-state index contributed by atoms with van der Waals surface area (Å²) in [7, 11) is 0. The van der Waals surface area contributed by atoms with Crippen LogP contribution in [-0.4, -0.2) is 23.3 Å². The molecule has 4 heterocycles. The fourth-order valence-electron chi connectivity index (χ4n) is 5.06. The first kappa shape index (κ1) is 19.5. The predicted molar refractivity (Wildman–Crippen MR) is 116 cm³/mol. The highest BCUT2D eigenvalue weighted by Crippen LogP contribution is 2.52. The Bertz CT molecular complexity index is 1520. The van der Waals surface area contributed by atoms with E-state index in [4.69, 9.17) is 8.83 Å². The molecule has 6 rings (SSSR count). The van der Waals surface area contributed by atoms with E-state index in [9.17, 15) is 18.8 Å². The van der Waals surface area contributed by atoms with Crippen LogP contribution in [0.3, 0.4) is 0 Å². The van der Waals surface area contributed by atoms with Gasteiger partial charge in [0, 0.05) is 12.1 Å². The Morgan fingerprint density at radius 2 is 1.85 bits per heavy atom. The Balaban J connectivity index is 1.74. The zero-order chi connectivity index (χ0) is 22.9. The van der Waals surface area contributed by atoms with Crippen molar-refractivity contribution in [2.75, 3.05) is 11.4 Å². The highest BCUT2D eigenvalue weighted by atomic mass is 19.1. The Morgan fingerprint density at radius 1 is 1.03 bits per heavy atom. The van der Waals surface area contributed by atoms with Gasteiger partial charge in [0.1, 0.15) is 17.2 Å². The van der Waals surface area contributed by atoms with Gasteiger partial charge < -0.3 is 18.6 Å². The van der Waals surface area contributed by atoms with Crippen LogP contribution in [0.4, 0.5) is 10.1 Å². The van der Waals surface area contributed by atoms with Gasteiger partial charge in [-0.15, -0.1) is 0 Å². The van der Waals surface area contributed by atoms with E-state index in [0.29, 0.717) is 23.6 Å². The van der Waals surface area contributed by atoms with Crippen LogP contribution in [0.5, 0.6) is 0 Å². The predicted octanol–water partition coefficient (Wildman–Crippen LogP) is 3.79. The maximum absolute atomic E-state index is 14.1. The Hall–Kier alpha value is -4.20. The molecule has 164 valence electrons. The van der Waals surface area contributed by atoms with Gasteiger partial charge in [-0.2, -0.15) is 0 Å². The van der Waals surface area contributed by atoms with Crippen molar-refractivity contribution >= 4 is 28.5 Å². The Kier molecular flexibility index (Phi) is 3.93. The topological polar surface area (TPSA) is 84.0 Å². The molecule has 7 nitrogen and oxygen atoms in total. The third-order valence-electron chi connectivity index (χ3n) is 6.41. The number of fused-ring (bicyclic) bond motifs is 5. The molecule has 0 N–H and O–H groups in total. The Morgan fingerprint density at radius 3 is 2.61 bits per heavy atom. The van der Waals surface area contributed by atoms with Crippen molar-refractivity contribution in [3.05, 3.63) is 99.5 Å². The van der Waals surface area contributed by atoms with Crippen molar-refractivity contribution < 1.29 is 22.8 Å². The number of hydrogen-bond donors (Lipinski definition) is 0. The fraction of sp³-hybridized carbons (Fsp3) is 0.160. The second-order valence-electron chi connectivity index (χ2n) is 8.02. The van der Waals surface area contributed by atoms with Crippen LogP contribution in [0.25, 0.3) is 11.0 Å². The minimum Gasteiger partial charge on any atom is -0.467 e. The Labute approximate surface area is 186 Å². The van der Waals surface area contributed by atoms with E-state index >= 15 is 0 Å². The van der Waals surface area contributed by atoms with Crippen LogP contribution in [0.15, 0.2) is 74.5 Å². The molecule has 2 amide bonds. The molecule has 2 aromatic carbocycles. The summed E-state index contributed by atoms with van der Waals surface area (Å²) >= 11 is 0. The summed E-state index contributed by atoms with van der Waals surface area (Å²) in [6, 6.07) is 14.0. The van der Waals surface area contributed by atoms with Gasteiger partial charge in [-0.25, -0.2) is 4.39 Å². The fourth-order valence-corrected chi connectivity index (χ4v) is 5.06. The third kappa shape index (κ3) is 2.35. The molecule has 0 radical (unpaired) electrons. The van der Waals surface area contributed by atoms with Gasteiger partial charge in [0.05, 0.1) is 29.4 Å². The molecule has 1 atom stereocenters. The van der Waals surface area contributed by atoms with Crippen LogP contribution in [0.2, 0.25) is 0 Å². The SMILES string of the molecule is CCN1C(=O)C2(c3ccccc31)c1c(oc3ccc(F)cc3c1=O)C(=O)N2Cc1ccco1. The molecule has 0 aliphatic carbocycles. The van der Waals surface area contributed by atoms with E-state index in [1.807, 2.05) is 6.92 Å². The lowest BCUT2D eigenvalue weighted by Crippen LogP contribution is -2.53. The number of benzene rings is 2. The molecule has 0 saturated carbocycles. The van der Waals surface area contributed by atoms with Gasteiger partial charge in [0.15, 0.2) is 11.0 Å². The second kappa shape index (κ2) is 6.65. The average molecular weight is 444 g/mol. The van der Waals surface area contributed by atoms with Gasteiger partial charge in [-0.3, -0.25) is 14.4 Å². The number of hydrogen-bond acceptors (Lipinski definition) is 5. The molecule has 33 heavy (non-hydrogen) atoms. The van der Waals surface area contributed by atoms with Crippen molar-refractivity contribution in [2.24, 2.45) is 0 Å². The molecule has 0 fully saturated rings. The summed E-state index contributed by atoms with van der Waals surface area (Å²) in [6.07, 6.45) is 1.47. The summed E-state index contributed by atoms with van der Waals surface area (Å²) in [6.45, 7) is 2.10. The highest BCUT2D eigenvalue weighted by Gasteiger charge is 2.64. The number of amides is 2. The van der Waals surface area contributed by atoms with Gasteiger partial charge in [0.2, 0.25) is 5.76 Å². The van der Waals surface area contributed by atoms with Crippen molar-refractivity contribution in [1.29, 1.82) is 0 Å². The normalized spacial score (nSPS) is 19.1. The summed E-state index contributed by atoms with van der Waals surface area (Å²) in [4.78, 5) is 44.4. The van der Waals surface area contributed by atoms with Crippen molar-refractivity contribution in [2.45, 2.75) is 19.0 Å². The molecule has 4 aromatic rings. The second-order valence-corrected chi connectivity index (χ2v) is 8.02. The number of carbonyl (C=O) groups excluding carboxylic acids is 2. The van der Waals surface area contributed by atoms with Crippen molar-refractivity contribution in [3.63, 3.8) is 0 Å². The maximum atomic E-state index is 14.1. The number of furan rings is 1. The van der Waals surface area contributed by atoms with Gasteiger partial charge in [0.25, 0.3) is 11.8 Å². The van der Waals surface area contributed by atoms with E-state index in [-0.39, 0.29) is 28.8 Å². The first-order valence-electron chi connectivity index (χ1n) is 10.5. The lowest BCUT2D eigenvalue weighted by Gasteiger charge is -2.33. The number of likely N-dealkylation sites (N-methyl/N-ethyl adjacent to an activating group) is 1. The van der Waals surface area contributed by atoms with E-state index in [1.165, 1.54) is 17.2 Å². The van der Waals surface area contributed by atoms with Gasteiger partial charge in [-0.05, 0) is 43.3 Å². The molecule has 0 saturated heterocycles. The van der Waals surface area contributed by atoms with Crippen LogP contribution in [-0.2, 0) is 16.9 Å². The minimum atomic E-state index is -1.74. The molecule has 0 bridgehead atoms. The number of nitrogens with zero attached hydrogens (tertiary/aromatic N) is 2. The van der Waals surface area contributed by atoms with E-state index in [1.54, 1.807) is 41.3 Å². The zero-order valence-electron chi connectivity index (χ0n) is 17.5. The monoisotopic (exact) mass is 444 g/mol. The van der Waals surface area contributed by atoms with Crippen molar-refractivity contribution in [3.8, 4) is 0 Å². The molecule has 2 aromatic heterocycles. The largest absolute Gasteiger partial charge is 0.467 e. The third-order valence-corrected chi connectivity index (χ3v) is 6.41. The lowest BCUT2D eigenvalue weighted by molar-refractivity contribution is -0.126. The van der Waals surface area contributed by atoms with E-state index in [2.05, 4.69) is 0 Å². The molecule has 8 heteroatoms. The first-order valence-corrected chi connectivity index (χ1v) is 10.5. The van der Waals surface area contributed by atoms with Crippen LogP contribution in [0, 0.1) is 5.82 Å². The number of para-hydroxylation sites is 1. The van der Waals surface area contributed by atoms with Gasteiger partial charge >= 0.3 is 0 Å². The standard InChI is InChI=1S/C25H17FN2O5/c1-2-27-18-8-4-3-7-17(18)25(24(27)31)20-21(29)16-12-14(26)9-10-19(16)33-22(20)23(30)28(25)13-15-6-5-11-32-15/h3-12H,2,13H2,1H3. The lowest BCUT2D eigenvalue weighted by atomic mass is 9.84. The maximum Gasteiger partial charge on any atom is 0.291 e. The molecule has 2 aliphatic heterocycles. The average Bonchev–Trinajstić information content (AvgIpc) is 3.48. The van der Waals surface area contributed by atoms with Gasteiger partial charge in [-0.1, -0.05) is 18.2 Å². The number of anilines is 1. The summed E-state index contributed by atoms with van der Waals surface area (Å²) in [5, 5.41) is -0.0268. The van der Waals surface area contributed by atoms with Crippen molar-refractivity contribution in [1.82, 2.24) is 4.90 Å². The van der Waals surface area contributed by atoms with E-state index < -0.39 is 28.6 Å². The zero-order valence-corrected chi connectivity index (χ0v) is 17.5. The quantitative estimate of drug-likeness (QED) is 0.480. The molecular formula is C25H17FN2O5. The first-order chi connectivity index (χ1) is 16.0. The smallest absolute Gasteiger partial charge is 0.291 e. The molecule has 2 aliphatic rings. The molecule has 1 unspecified atom stereocenters. The number of rotatable bonds is 3. The van der Waals surface area contributed by atoms with Crippen LogP contribution < -0.4 is 10.3 Å². The van der Waals surface area contributed by atoms with Crippen LogP contribution in [0.1, 0.15) is 34.4 Å².